The molecule has 2 unspecified atom stereocenters. The number of nitrogens with zero attached hydrogens (tertiary/aromatic N) is 2. The Labute approximate surface area is 252 Å². The number of nitrogens with one attached hydrogen (secondary N) is 1. The monoisotopic (exact) mass is 575 g/mol. The lowest BCUT2D eigenvalue weighted by Crippen LogP contribution is -2.57. The minimum Gasteiger partial charge on any atom is -0.442 e. The van der Waals surface area contributed by atoms with Crippen molar-refractivity contribution in [2.45, 2.75) is 71.6 Å². The van der Waals surface area contributed by atoms with Crippen molar-refractivity contribution in [3.63, 3.8) is 0 Å². The van der Waals surface area contributed by atoms with E-state index in [4.69, 9.17) is 11.3 Å². The Hall–Kier alpha value is -3.70. The molecule has 0 saturated carbocycles. The molecule has 1 aromatic carbocycles. The van der Waals surface area contributed by atoms with E-state index < -0.39 is 8.07 Å². The maximum absolute atomic E-state index is 6.05. The van der Waals surface area contributed by atoms with Crippen molar-refractivity contribution >= 4 is 24.5 Å². The van der Waals surface area contributed by atoms with Crippen LogP contribution in [0.3, 0.4) is 0 Å². The molecule has 3 aromatic rings. The zero-order valence-electron chi connectivity index (χ0n) is 26.2. The van der Waals surface area contributed by atoms with Crippen LogP contribution in [-0.2, 0) is 11.2 Å². The molecule has 2 atom stereocenters. The van der Waals surface area contributed by atoms with Gasteiger partial charge in [-0.1, -0.05) is 65.2 Å². The summed E-state index contributed by atoms with van der Waals surface area (Å²) in [6.45, 7) is 28.4. The number of pyridine rings is 2. The standard InChI is InChI=1S/C37H45N3OSi/c1-24-36-31(18-17-27-22-38-26(3)41-25(2)35(27)32-16-12-13-19-39(24)32)29-14-10-11-15-30(29)33-20-28(21-37(4,5)6)34(23-40(33)36)42(7,8)9/h10-16,19-20,23,31,36,38H,1-3,17-18,21-22H2,4-9H3/q+2. The number of rotatable bonds is 2. The minimum absolute atomic E-state index is 0.0699. The number of allylic oxidation sites excluding steroid dienone is 2. The Kier molecular flexibility index (Phi) is 6.92. The van der Waals surface area contributed by atoms with Crippen LogP contribution in [0.2, 0.25) is 19.6 Å². The van der Waals surface area contributed by atoms with Gasteiger partial charge in [0, 0.05) is 35.5 Å². The molecule has 0 radical (unpaired) electrons. The van der Waals surface area contributed by atoms with E-state index in [1.54, 1.807) is 5.19 Å². The van der Waals surface area contributed by atoms with Gasteiger partial charge < -0.3 is 10.1 Å². The molecule has 0 spiro atoms. The second-order valence-corrected chi connectivity index (χ2v) is 19.4. The summed E-state index contributed by atoms with van der Waals surface area (Å²) < 4.78 is 10.9. The van der Waals surface area contributed by atoms with Crippen molar-refractivity contribution in [3.8, 4) is 11.3 Å². The summed E-state index contributed by atoms with van der Waals surface area (Å²) in [4.78, 5) is 0. The molecule has 3 aliphatic rings. The lowest BCUT2D eigenvalue weighted by molar-refractivity contribution is -0.728. The van der Waals surface area contributed by atoms with Gasteiger partial charge in [0.25, 0.3) is 0 Å². The first-order valence-electron chi connectivity index (χ1n) is 15.2. The zero-order valence-corrected chi connectivity index (χ0v) is 27.2. The van der Waals surface area contributed by atoms with Gasteiger partial charge in [-0.3, -0.25) is 0 Å². The zero-order chi connectivity index (χ0) is 30.0. The topological polar surface area (TPSA) is 29.0 Å². The number of aromatic nitrogens is 2. The molecule has 3 aliphatic heterocycles. The van der Waals surface area contributed by atoms with Crippen LogP contribution in [-0.4, -0.2) is 14.6 Å². The molecule has 0 bridgehead atoms. The highest BCUT2D eigenvalue weighted by molar-refractivity contribution is 6.89. The molecule has 0 amide bonds. The quantitative estimate of drug-likeness (QED) is 0.263. The molecular formula is C37H45N3OSi+2. The Morgan fingerprint density at radius 3 is 2.48 bits per heavy atom. The average molecular weight is 576 g/mol. The molecule has 4 nitrogen and oxygen atoms in total. The normalized spacial score (nSPS) is 20.4. The van der Waals surface area contributed by atoms with Gasteiger partial charge in [0.05, 0.1) is 19.6 Å². The SMILES string of the molecule is C=C1NCC2=C(C(=C)O1)c1cccc[n+]1C(=C)C1C(CC2)c2ccccc2-c2cc(CC(C)(C)C)c([Si](C)(C)C)c[n+]21. The molecule has 5 heteroatoms. The van der Waals surface area contributed by atoms with Crippen molar-refractivity contribution in [1.29, 1.82) is 0 Å². The molecule has 6 rings (SSSR count). The highest BCUT2D eigenvalue weighted by atomic mass is 28.3. The molecule has 5 heterocycles. The van der Waals surface area contributed by atoms with E-state index in [1.807, 2.05) is 0 Å². The summed E-state index contributed by atoms with van der Waals surface area (Å²) in [7, 11) is -1.67. The van der Waals surface area contributed by atoms with E-state index in [0.717, 1.165) is 36.2 Å². The summed E-state index contributed by atoms with van der Waals surface area (Å²) in [5.74, 6) is 1.45. The molecule has 42 heavy (non-hydrogen) atoms. The summed E-state index contributed by atoms with van der Waals surface area (Å²) in [6.07, 6.45) is 7.66. The molecule has 0 fully saturated rings. The van der Waals surface area contributed by atoms with E-state index in [9.17, 15) is 0 Å². The maximum atomic E-state index is 6.05. The first-order valence-corrected chi connectivity index (χ1v) is 18.7. The Balaban J connectivity index is 1.62. The van der Waals surface area contributed by atoms with E-state index in [0.29, 0.717) is 18.2 Å². The molecule has 2 aromatic heterocycles. The number of ether oxygens (including phenoxy) is 1. The van der Waals surface area contributed by atoms with Gasteiger partial charge in [-0.2, -0.15) is 9.13 Å². The minimum atomic E-state index is -1.67. The van der Waals surface area contributed by atoms with Crippen LogP contribution in [0.15, 0.2) is 97.9 Å². The lowest BCUT2D eigenvalue weighted by atomic mass is 9.78. The Bertz CT molecular complexity index is 1670. The van der Waals surface area contributed by atoms with Crippen LogP contribution in [0, 0.1) is 5.41 Å². The van der Waals surface area contributed by atoms with Gasteiger partial charge in [0.2, 0.25) is 23.1 Å². The van der Waals surface area contributed by atoms with E-state index in [-0.39, 0.29) is 17.4 Å². The third-order valence-corrected chi connectivity index (χ3v) is 11.0. The van der Waals surface area contributed by atoms with Crippen molar-refractivity contribution in [2.24, 2.45) is 5.41 Å². The van der Waals surface area contributed by atoms with Crippen molar-refractivity contribution in [3.05, 3.63) is 115 Å². The molecule has 0 saturated heterocycles. The van der Waals surface area contributed by atoms with E-state index in [2.05, 4.69) is 129 Å². The van der Waals surface area contributed by atoms with Crippen molar-refractivity contribution < 1.29 is 13.9 Å². The largest absolute Gasteiger partial charge is 0.442 e. The van der Waals surface area contributed by atoms with Crippen LogP contribution >= 0.6 is 0 Å². The van der Waals surface area contributed by atoms with Crippen LogP contribution in [0.1, 0.15) is 62.4 Å². The number of hydrogen-bond donors (Lipinski definition) is 1. The number of fused-ring (bicyclic) bond motifs is 8. The molecule has 216 valence electrons. The molecular weight excluding hydrogens is 531 g/mol. The van der Waals surface area contributed by atoms with Crippen LogP contribution in [0.4, 0.5) is 0 Å². The predicted octanol–water partition coefficient (Wildman–Crippen LogP) is 7.02. The summed E-state index contributed by atoms with van der Waals surface area (Å²) in [5, 5.41) is 4.92. The van der Waals surface area contributed by atoms with Gasteiger partial charge >= 0.3 is 0 Å². The van der Waals surface area contributed by atoms with Crippen molar-refractivity contribution in [2.75, 3.05) is 6.54 Å². The highest BCUT2D eigenvalue weighted by Crippen LogP contribution is 2.46. The van der Waals surface area contributed by atoms with Gasteiger partial charge in [0.15, 0.2) is 18.3 Å². The number of benzene rings is 1. The Morgan fingerprint density at radius 1 is 1.00 bits per heavy atom. The third-order valence-electron chi connectivity index (χ3n) is 8.95. The molecule has 0 aliphatic carbocycles. The van der Waals surface area contributed by atoms with Crippen LogP contribution in [0.5, 0.6) is 0 Å². The summed E-state index contributed by atoms with van der Waals surface area (Å²) >= 11 is 0. The lowest BCUT2D eigenvalue weighted by Gasteiger charge is -2.32. The van der Waals surface area contributed by atoms with Gasteiger partial charge in [-0.15, -0.1) is 0 Å². The summed E-state index contributed by atoms with van der Waals surface area (Å²) in [6, 6.07) is 18.0. The number of hydrogen-bond acceptors (Lipinski definition) is 2. The van der Waals surface area contributed by atoms with E-state index in [1.165, 1.54) is 28.0 Å². The first-order chi connectivity index (χ1) is 19.8. The highest BCUT2D eigenvalue weighted by Gasteiger charge is 2.48. The molecule has 1 N–H and O–H groups in total. The van der Waals surface area contributed by atoms with Gasteiger partial charge in [0.1, 0.15) is 5.76 Å². The fourth-order valence-corrected chi connectivity index (χ4v) is 8.86. The fourth-order valence-electron chi connectivity index (χ4n) is 7.21. The second-order valence-electron chi connectivity index (χ2n) is 14.4. The first kappa shape index (κ1) is 28.4. The van der Waals surface area contributed by atoms with Crippen LogP contribution < -0.4 is 19.6 Å². The third kappa shape index (κ3) is 4.98. The predicted molar refractivity (Wildman–Crippen MR) is 175 cm³/mol. The Morgan fingerprint density at radius 2 is 1.74 bits per heavy atom. The smallest absolute Gasteiger partial charge is 0.249 e. The van der Waals surface area contributed by atoms with E-state index >= 15 is 0 Å². The van der Waals surface area contributed by atoms with Gasteiger partial charge in [-0.05, 0) is 66.7 Å². The average Bonchev–Trinajstić information content (AvgIpc) is 3.02. The second kappa shape index (κ2) is 10.2. The van der Waals surface area contributed by atoms with Crippen LogP contribution in [0.25, 0.3) is 22.5 Å². The van der Waals surface area contributed by atoms with Crippen molar-refractivity contribution in [1.82, 2.24) is 5.32 Å². The summed E-state index contributed by atoms with van der Waals surface area (Å²) in [5.41, 5.74) is 10.2. The maximum Gasteiger partial charge on any atom is 0.249 e. The fraction of sp³-hybridized carbons (Fsp3) is 0.351. The van der Waals surface area contributed by atoms with Gasteiger partial charge in [-0.25, -0.2) is 0 Å².